The summed E-state index contributed by atoms with van der Waals surface area (Å²) < 4.78 is 10.5. The van der Waals surface area contributed by atoms with Crippen LogP contribution in [0.25, 0.3) is 0 Å². The van der Waals surface area contributed by atoms with Gasteiger partial charge in [-0.1, -0.05) is 6.92 Å². The molecule has 110 valence electrons. The van der Waals surface area contributed by atoms with Crippen LogP contribution in [-0.2, 0) is 0 Å². The molecule has 20 heavy (non-hydrogen) atoms. The average molecular weight is 277 g/mol. The van der Waals surface area contributed by atoms with Gasteiger partial charge in [0, 0.05) is 12.6 Å². The van der Waals surface area contributed by atoms with Crippen LogP contribution in [0.1, 0.15) is 43.0 Å². The van der Waals surface area contributed by atoms with Crippen LogP contribution < -0.4 is 9.47 Å². The number of hydrogen-bond acceptors (Lipinski definition) is 3. The third-order valence-electron chi connectivity index (χ3n) is 4.00. The van der Waals surface area contributed by atoms with Crippen molar-refractivity contribution in [2.24, 2.45) is 0 Å². The van der Waals surface area contributed by atoms with E-state index in [4.69, 9.17) is 9.47 Å². The molecule has 0 spiro atoms. The van der Waals surface area contributed by atoms with Gasteiger partial charge in [0.2, 0.25) is 0 Å². The summed E-state index contributed by atoms with van der Waals surface area (Å²) in [5.41, 5.74) is 0.590. The molecule has 0 radical (unpaired) electrons. The Hall–Kier alpha value is -1.71. The minimum Gasteiger partial charge on any atom is -0.497 e. The largest absolute Gasteiger partial charge is 0.497 e. The maximum atomic E-state index is 12.8. The highest BCUT2D eigenvalue weighted by Crippen LogP contribution is 2.28. The number of carbonyl (C=O) groups excluding carboxylic acids is 1. The van der Waals surface area contributed by atoms with Crippen molar-refractivity contribution in [2.45, 2.75) is 38.6 Å². The lowest BCUT2D eigenvalue weighted by Crippen LogP contribution is -2.43. The summed E-state index contributed by atoms with van der Waals surface area (Å²) in [7, 11) is 3.19. The first kappa shape index (κ1) is 14.7. The van der Waals surface area contributed by atoms with E-state index in [2.05, 4.69) is 6.92 Å². The number of piperidine rings is 1. The number of benzene rings is 1. The van der Waals surface area contributed by atoms with Gasteiger partial charge in [0.15, 0.2) is 0 Å². The zero-order valence-electron chi connectivity index (χ0n) is 12.5. The Morgan fingerprint density at radius 2 is 2.10 bits per heavy atom. The zero-order valence-corrected chi connectivity index (χ0v) is 12.5. The van der Waals surface area contributed by atoms with Crippen LogP contribution in [0.15, 0.2) is 18.2 Å². The molecule has 1 amide bonds. The van der Waals surface area contributed by atoms with Crippen LogP contribution in [0.4, 0.5) is 0 Å². The predicted octanol–water partition coefficient (Wildman–Crippen LogP) is 3.11. The fourth-order valence-corrected chi connectivity index (χ4v) is 2.83. The van der Waals surface area contributed by atoms with Gasteiger partial charge >= 0.3 is 0 Å². The van der Waals surface area contributed by atoms with E-state index >= 15 is 0 Å². The summed E-state index contributed by atoms with van der Waals surface area (Å²) in [6, 6.07) is 5.70. The van der Waals surface area contributed by atoms with Crippen LogP contribution in [0.5, 0.6) is 11.5 Å². The Labute approximate surface area is 120 Å². The molecule has 1 fully saturated rings. The molecule has 0 aromatic heterocycles. The van der Waals surface area contributed by atoms with Crippen molar-refractivity contribution in [3.8, 4) is 11.5 Å². The molecule has 4 heteroatoms. The number of hydrogen-bond donors (Lipinski definition) is 0. The summed E-state index contributed by atoms with van der Waals surface area (Å²) in [5, 5.41) is 0. The van der Waals surface area contributed by atoms with E-state index in [-0.39, 0.29) is 5.91 Å². The van der Waals surface area contributed by atoms with Gasteiger partial charge < -0.3 is 14.4 Å². The van der Waals surface area contributed by atoms with Crippen molar-refractivity contribution in [1.82, 2.24) is 4.90 Å². The van der Waals surface area contributed by atoms with Crippen LogP contribution in [0.2, 0.25) is 0 Å². The normalized spacial score (nSPS) is 18.8. The molecule has 1 aromatic carbocycles. The van der Waals surface area contributed by atoms with Crippen LogP contribution in [-0.4, -0.2) is 37.6 Å². The van der Waals surface area contributed by atoms with Crippen LogP contribution in [0, 0.1) is 0 Å². The second-order valence-corrected chi connectivity index (χ2v) is 5.12. The van der Waals surface area contributed by atoms with Crippen molar-refractivity contribution in [2.75, 3.05) is 20.8 Å². The molecule has 0 saturated carbocycles. The Morgan fingerprint density at radius 3 is 2.75 bits per heavy atom. The summed E-state index contributed by atoms with van der Waals surface area (Å²) >= 11 is 0. The first-order valence-corrected chi connectivity index (χ1v) is 7.24. The van der Waals surface area contributed by atoms with E-state index < -0.39 is 0 Å². The fourth-order valence-electron chi connectivity index (χ4n) is 2.83. The summed E-state index contributed by atoms with van der Waals surface area (Å²) in [5.74, 6) is 1.34. The lowest BCUT2D eigenvalue weighted by atomic mass is 9.98. The van der Waals surface area contributed by atoms with Gasteiger partial charge in [-0.25, -0.2) is 0 Å². The molecule has 1 saturated heterocycles. The lowest BCUT2D eigenvalue weighted by Gasteiger charge is -2.35. The van der Waals surface area contributed by atoms with Crippen molar-refractivity contribution < 1.29 is 14.3 Å². The van der Waals surface area contributed by atoms with Gasteiger partial charge in [-0.05, 0) is 43.9 Å². The third-order valence-corrected chi connectivity index (χ3v) is 4.00. The number of rotatable bonds is 4. The molecule has 1 atom stereocenters. The Kier molecular flexibility index (Phi) is 4.88. The highest BCUT2D eigenvalue weighted by molar-refractivity contribution is 5.97. The summed E-state index contributed by atoms with van der Waals surface area (Å²) in [6.07, 6.45) is 4.37. The average Bonchev–Trinajstić information content (AvgIpc) is 2.53. The number of carbonyl (C=O) groups is 1. The molecule has 4 nitrogen and oxygen atoms in total. The molecule has 1 aromatic rings. The van der Waals surface area contributed by atoms with Crippen molar-refractivity contribution >= 4 is 5.91 Å². The molecular formula is C16H23NO3. The van der Waals surface area contributed by atoms with E-state index in [9.17, 15) is 4.79 Å². The van der Waals surface area contributed by atoms with Crippen molar-refractivity contribution in [3.63, 3.8) is 0 Å². The second-order valence-electron chi connectivity index (χ2n) is 5.12. The topological polar surface area (TPSA) is 38.8 Å². The lowest BCUT2D eigenvalue weighted by molar-refractivity contribution is 0.0604. The fraction of sp³-hybridized carbons (Fsp3) is 0.562. The maximum absolute atomic E-state index is 12.8. The number of likely N-dealkylation sites (tertiary alicyclic amines) is 1. The SMILES string of the molecule is CCC1CCCCN1C(=O)c1cc(OC)ccc1OC. The Morgan fingerprint density at radius 1 is 1.30 bits per heavy atom. The molecule has 2 rings (SSSR count). The minimum absolute atomic E-state index is 0.0484. The molecular weight excluding hydrogens is 254 g/mol. The van der Waals surface area contributed by atoms with Crippen LogP contribution >= 0.6 is 0 Å². The highest BCUT2D eigenvalue weighted by Gasteiger charge is 2.28. The molecule has 0 aliphatic carbocycles. The quantitative estimate of drug-likeness (QED) is 0.849. The zero-order chi connectivity index (χ0) is 14.5. The molecule has 1 aliphatic heterocycles. The molecule has 0 bridgehead atoms. The smallest absolute Gasteiger partial charge is 0.258 e. The van der Waals surface area contributed by atoms with Gasteiger partial charge in [-0.3, -0.25) is 4.79 Å². The monoisotopic (exact) mass is 277 g/mol. The first-order chi connectivity index (χ1) is 9.71. The van der Waals surface area contributed by atoms with Crippen molar-refractivity contribution in [1.29, 1.82) is 0 Å². The van der Waals surface area contributed by atoms with E-state index in [0.717, 1.165) is 25.8 Å². The number of amides is 1. The highest BCUT2D eigenvalue weighted by atomic mass is 16.5. The number of methoxy groups -OCH3 is 2. The number of ether oxygens (including phenoxy) is 2. The van der Waals surface area contributed by atoms with Gasteiger partial charge in [0.1, 0.15) is 11.5 Å². The van der Waals surface area contributed by atoms with Gasteiger partial charge in [0.05, 0.1) is 19.8 Å². The summed E-state index contributed by atoms with van der Waals surface area (Å²) in [6.45, 7) is 2.97. The Balaban J connectivity index is 2.31. The van der Waals surface area contributed by atoms with E-state index in [1.807, 2.05) is 11.0 Å². The Bertz CT molecular complexity index is 473. The van der Waals surface area contributed by atoms with E-state index in [1.165, 1.54) is 6.42 Å². The predicted molar refractivity (Wildman–Crippen MR) is 78.5 cm³/mol. The van der Waals surface area contributed by atoms with Gasteiger partial charge in [-0.15, -0.1) is 0 Å². The van der Waals surface area contributed by atoms with E-state index in [0.29, 0.717) is 23.1 Å². The maximum Gasteiger partial charge on any atom is 0.258 e. The van der Waals surface area contributed by atoms with Gasteiger partial charge in [0.25, 0.3) is 5.91 Å². The molecule has 1 heterocycles. The standard InChI is InChI=1S/C16H23NO3/c1-4-12-7-5-6-10-17(12)16(18)14-11-13(19-2)8-9-15(14)20-3/h8-9,11-12H,4-7,10H2,1-3H3. The summed E-state index contributed by atoms with van der Waals surface area (Å²) in [4.78, 5) is 14.8. The minimum atomic E-state index is 0.0484. The first-order valence-electron chi connectivity index (χ1n) is 7.24. The van der Waals surface area contributed by atoms with E-state index in [1.54, 1.807) is 26.4 Å². The molecule has 1 aliphatic rings. The number of nitrogens with zero attached hydrogens (tertiary/aromatic N) is 1. The molecule has 1 unspecified atom stereocenters. The second kappa shape index (κ2) is 6.64. The van der Waals surface area contributed by atoms with Crippen molar-refractivity contribution in [3.05, 3.63) is 23.8 Å². The third kappa shape index (κ3) is 2.89. The van der Waals surface area contributed by atoms with Gasteiger partial charge in [-0.2, -0.15) is 0 Å². The van der Waals surface area contributed by atoms with Crippen LogP contribution in [0.3, 0.4) is 0 Å². The molecule has 0 N–H and O–H groups in total.